The van der Waals surface area contributed by atoms with Gasteiger partial charge >= 0.3 is 20.3 Å². The van der Waals surface area contributed by atoms with Crippen LogP contribution in [0.25, 0.3) is 11.2 Å². The minimum atomic E-state index is -5.25. The number of nitrogens with two attached hydrogens (primary N) is 1. The van der Waals surface area contributed by atoms with Crippen LogP contribution in [0.3, 0.4) is 0 Å². The molecule has 2 unspecified atom stereocenters. The summed E-state index contributed by atoms with van der Waals surface area (Å²) in [5, 5.41) is 2.85. The number of nitrogen functional groups attached to an aromatic ring is 1. The number of aromatic nitrogens is 6. The maximum absolute atomic E-state index is 16.4. The van der Waals surface area contributed by atoms with Crippen LogP contribution in [0, 0.1) is 6.92 Å². The molecular weight excluding hydrogens is 856 g/mol. The number of amides is 1. The number of nitrogens with zero attached hydrogens (tertiary/aromatic N) is 5. The third-order valence-corrected chi connectivity index (χ3v) is 14.4. The Morgan fingerprint density at radius 1 is 0.917 bits per heavy atom. The molecular formula is C35H36F2N8O12P2S. The fourth-order valence-electron chi connectivity index (χ4n) is 6.69. The Morgan fingerprint density at radius 3 is 2.38 bits per heavy atom. The van der Waals surface area contributed by atoms with Crippen molar-refractivity contribution in [2.24, 2.45) is 0 Å². The molecule has 3 aliphatic heterocycles. The number of rotatable bonds is 8. The van der Waals surface area contributed by atoms with Crippen molar-refractivity contribution < 1.29 is 55.2 Å². The zero-order chi connectivity index (χ0) is 42.3. The summed E-state index contributed by atoms with van der Waals surface area (Å²) in [6.07, 6.45) is -11.7. The highest BCUT2D eigenvalue weighted by Gasteiger charge is 2.55. The van der Waals surface area contributed by atoms with Crippen molar-refractivity contribution in [3.63, 3.8) is 0 Å². The number of nitrogens with one attached hydrogen (secondary N) is 2. The highest BCUT2D eigenvalue weighted by atomic mass is 32.7. The second-order valence-corrected chi connectivity index (χ2v) is 19.3. The van der Waals surface area contributed by atoms with E-state index in [4.69, 9.17) is 33.3 Å². The number of halogens is 2. The molecule has 6 heterocycles. The molecule has 60 heavy (non-hydrogen) atoms. The molecule has 3 aromatic heterocycles. The molecule has 8 rings (SSSR count). The van der Waals surface area contributed by atoms with Gasteiger partial charge in [0.25, 0.3) is 11.5 Å². The molecule has 3 fully saturated rings. The van der Waals surface area contributed by atoms with Crippen LogP contribution in [0.4, 0.5) is 14.6 Å². The summed E-state index contributed by atoms with van der Waals surface area (Å²) >= 11 is 0.614. The van der Waals surface area contributed by atoms with Crippen LogP contribution in [0.2, 0.25) is 0 Å². The number of ether oxygens (including phenoxy) is 2. The number of carbonyl (C=O) groups is 1. The average Bonchev–Trinajstić information content (AvgIpc) is 3.88. The molecule has 5 aromatic rings. The van der Waals surface area contributed by atoms with E-state index in [1.165, 1.54) is 6.33 Å². The highest BCUT2D eigenvalue weighted by Crippen LogP contribution is 2.65. The highest BCUT2D eigenvalue weighted by molar-refractivity contribution is 8.54. The lowest BCUT2D eigenvalue weighted by Crippen LogP contribution is -2.37. The molecule has 0 aliphatic carbocycles. The normalized spacial score (nSPS) is 30.9. The van der Waals surface area contributed by atoms with Crippen LogP contribution in [-0.2, 0) is 49.0 Å². The number of fused-ring (bicyclic) bond motifs is 4. The maximum Gasteiger partial charge on any atom is 0.472 e. The van der Waals surface area contributed by atoms with Crippen molar-refractivity contribution in [3.8, 4) is 0 Å². The van der Waals surface area contributed by atoms with Crippen LogP contribution < -0.4 is 22.3 Å². The number of hydrogen-bond donors (Lipinski definition) is 4. The van der Waals surface area contributed by atoms with E-state index in [2.05, 4.69) is 20.3 Å². The molecule has 20 nitrogen and oxygen atoms in total. The Kier molecular flexibility index (Phi) is 11.9. The number of H-pyrrole nitrogens is 1. The van der Waals surface area contributed by atoms with Crippen LogP contribution in [-0.4, -0.2) is 89.8 Å². The van der Waals surface area contributed by atoms with Crippen molar-refractivity contribution in [1.82, 2.24) is 34.4 Å². The Morgan fingerprint density at radius 2 is 1.63 bits per heavy atom. The molecule has 2 aromatic carbocycles. The summed E-state index contributed by atoms with van der Waals surface area (Å²) in [7, 11) is -5.25. The van der Waals surface area contributed by atoms with Gasteiger partial charge in [-0.2, -0.15) is 0 Å². The lowest BCUT2D eigenvalue weighted by Gasteiger charge is -2.27. The van der Waals surface area contributed by atoms with Gasteiger partial charge in [0, 0.05) is 30.1 Å². The van der Waals surface area contributed by atoms with E-state index in [0.717, 1.165) is 38.9 Å². The second-order valence-electron chi connectivity index (χ2n) is 13.9. The molecule has 0 spiro atoms. The van der Waals surface area contributed by atoms with Gasteiger partial charge in [0.1, 0.15) is 36.3 Å². The summed E-state index contributed by atoms with van der Waals surface area (Å²) in [5.74, 6) is -0.342. The van der Waals surface area contributed by atoms with Crippen LogP contribution in [0.1, 0.15) is 39.5 Å². The third kappa shape index (κ3) is 8.87. The number of phosphoric ester groups is 1. The minimum absolute atomic E-state index is 0.0115. The molecule has 1 amide bonds. The van der Waals surface area contributed by atoms with Crippen molar-refractivity contribution >= 4 is 48.9 Å². The van der Waals surface area contributed by atoms with Gasteiger partial charge in [0.05, 0.1) is 19.5 Å². The van der Waals surface area contributed by atoms with E-state index in [1.54, 1.807) is 36.4 Å². The first-order valence-electron chi connectivity index (χ1n) is 18.2. The van der Waals surface area contributed by atoms with Gasteiger partial charge in [-0.1, -0.05) is 42.0 Å². The van der Waals surface area contributed by atoms with Crippen molar-refractivity contribution in [2.45, 2.75) is 68.4 Å². The van der Waals surface area contributed by atoms with Gasteiger partial charge < -0.3 is 25.4 Å². The van der Waals surface area contributed by atoms with E-state index in [0.29, 0.717) is 22.5 Å². The fraction of sp³-hybridized carbons (Fsp3) is 0.371. The number of anilines is 1. The Labute approximate surface area is 341 Å². The Balaban J connectivity index is 1.07. The smallest absolute Gasteiger partial charge is 0.382 e. The zero-order valence-electron chi connectivity index (χ0n) is 31.2. The van der Waals surface area contributed by atoms with Gasteiger partial charge in [-0.25, -0.2) is 37.7 Å². The summed E-state index contributed by atoms with van der Waals surface area (Å²) < 4.78 is 96.6. The van der Waals surface area contributed by atoms with E-state index in [1.807, 2.05) is 24.0 Å². The summed E-state index contributed by atoms with van der Waals surface area (Å²) in [4.78, 5) is 62.2. The molecule has 2 bridgehead atoms. The molecule has 0 saturated carbocycles. The topological polar surface area (TPSA) is 263 Å². The first-order valence-corrected chi connectivity index (χ1v) is 22.8. The van der Waals surface area contributed by atoms with Gasteiger partial charge in [-0.3, -0.25) is 41.8 Å². The molecule has 25 heteroatoms. The Bertz CT molecular complexity index is 2600. The molecule has 318 valence electrons. The van der Waals surface area contributed by atoms with E-state index in [9.17, 15) is 28.4 Å². The van der Waals surface area contributed by atoms with Crippen molar-refractivity contribution in [1.29, 1.82) is 0 Å². The number of hydrogen-bond acceptors (Lipinski definition) is 16. The molecule has 10 atom stereocenters. The average molecular weight is 893 g/mol. The van der Waals surface area contributed by atoms with Gasteiger partial charge in [-0.05, 0) is 41.6 Å². The van der Waals surface area contributed by atoms with Crippen molar-refractivity contribution in [2.75, 3.05) is 18.9 Å². The van der Waals surface area contributed by atoms with Crippen LogP contribution in [0.15, 0.2) is 83.0 Å². The lowest BCUT2D eigenvalue weighted by atomic mass is 10.1. The maximum atomic E-state index is 16.4. The summed E-state index contributed by atoms with van der Waals surface area (Å²) in [6.45, 7) is -4.32. The van der Waals surface area contributed by atoms with E-state index >= 15 is 8.78 Å². The number of benzene rings is 2. The first kappa shape index (κ1) is 42.0. The van der Waals surface area contributed by atoms with Crippen molar-refractivity contribution in [3.05, 3.63) is 117 Å². The minimum Gasteiger partial charge on any atom is -0.382 e. The molecule has 3 saturated heterocycles. The number of alkyl halides is 2. The Hall–Kier alpha value is -4.67. The number of aryl methyl sites for hydroxylation is 1. The molecule has 3 aliphatic rings. The van der Waals surface area contributed by atoms with E-state index < -0.39 is 88.3 Å². The lowest BCUT2D eigenvalue weighted by molar-refractivity contribution is -0.0635. The fourth-order valence-corrected chi connectivity index (χ4v) is 11.0. The monoisotopic (exact) mass is 892 g/mol. The summed E-state index contributed by atoms with van der Waals surface area (Å²) in [5.41, 5.74) is 7.12. The van der Waals surface area contributed by atoms with E-state index in [-0.39, 0.29) is 35.2 Å². The predicted molar refractivity (Wildman–Crippen MR) is 208 cm³/mol. The first-order chi connectivity index (χ1) is 28.7. The van der Waals surface area contributed by atoms with Crippen LogP contribution >= 0.6 is 26.0 Å². The third-order valence-electron chi connectivity index (χ3n) is 9.80. The number of carbonyl (C=O) groups excluding carboxylic acids is 1. The number of imidazole rings is 1. The second kappa shape index (κ2) is 17.0. The quantitative estimate of drug-likeness (QED) is 0.162. The van der Waals surface area contributed by atoms with Gasteiger partial charge in [0.2, 0.25) is 0 Å². The number of aromatic amines is 1. The molecule has 0 radical (unpaired) electrons. The summed E-state index contributed by atoms with van der Waals surface area (Å²) in [6, 6.07) is 14.9. The van der Waals surface area contributed by atoms with Gasteiger partial charge in [-0.15, -0.1) is 0 Å². The zero-order valence-corrected chi connectivity index (χ0v) is 33.8. The predicted octanol–water partition coefficient (Wildman–Crippen LogP) is 3.63. The molecule has 5 N–H and O–H groups in total. The standard InChI is InChI=1S/C35H36F2N8O12P2S/c1-18-2-8-21(9-3-18)32(47)39-12-19-4-6-20(7-5-19)15-60-59(51)53-14-23-28(26(37)33(55-23)45-17-42-27-30(38)40-16-41-31(27)45)56-58(49,50)52-13-22-25(36)29(57-59)34(54-22)44-11-10-24(46)43-35(44)48/h2-11,16-17,22-23,25-26,28-29,33-34H,12-15H2,1H3,(H,39,47)(H,49,50)(H2,38,40,41)(H,43,46,48)/t22-,23-,25-,26-,28-,29-,33-,34-,59?/m1/s1. The van der Waals surface area contributed by atoms with Gasteiger partial charge in [0.15, 0.2) is 36.3 Å². The SMILES string of the molecule is Cc1ccc(C(=O)NCc2ccc(CSP3(=O)OC[C@H]4O[C@@H](n5cnc6c(N)ncnc65)[C@H](F)[C@@H]4OP(=O)(O)OC[C@H]4O[C@@H](n5ccc(=O)[nH]c5=O)[C@H](O3)[C@@H]4F)cc2)cc1. The number of phosphoric acid groups is 1. The largest absolute Gasteiger partial charge is 0.472 e. The van der Waals surface area contributed by atoms with Crippen LogP contribution in [0.5, 0.6) is 0 Å².